The third-order valence-corrected chi connectivity index (χ3v) is 4.93. The average molecular weight is 336 g/mol. The number of azide groups is 1. The number of anilines is 1. The number of hydrogen-bond acceptors (Lipinski definition) is 8. The van der Waals surface area contributed by atoms with E-state index >= 15 is 0 Å². The van der Waals surface area contributed by atoms with Crippen molar-refractivity contribution in [2.45, 2.75) is 30.5 Å². The van der Waals surface area contributed by atoms with Crippen molar-refractivity contribution in [3.05, 3.63) is 23.1 Å². The number of aliphatic hydroxyl groups is 1. The lowest BCUT2D eigenvalue weighted by molar-refractivity contribution is -0.0223. The summed E-state index contributed by atoms with van der Waals surface area (Å²) < 4.78 is 7.67. The Morgan fingerprint density at radius 2 is 2.35 bits per heavy atom. The lowest BCUT2D eigenvalue weighted by Gasteiger charge is -2.20. The Kier molecular flexibility index (Phi) is 4.53. The van der Waals surface area contributed by atoms with Gasteiger partial charge in [0, 0.05) is 4.91 Å². The van der Waals surface area contributed by atoms with Crippen LogP contribution < -0.4 is 5.73 Å². The van der Waals surface area contributed by atoms with Gasteiger partial charge in [-0.15, -0.1) is 0 Å². The first-order valence-corrected chi connectivity index (χ1v) is 8.11. The molecule has 0 unspecified atom stereocenters. The Labute approximate surface area is 135 Å². The van der Waals surface area contributed by atoms with Gasteiger partial charge in [-0.3, -0.25) is 4.57 Å². The minimum atomic E-state index is -0.573. The highest BCUT2D eigenvalue weighted by atomic mass is 32.2. The lowest BCUT2D eigenvalue weighted by Crippen LogP contribution is -2.29. The first-order valence-electron chi connectivity index (χ1n) is 7.06. The van der Waals surface area contributed by atoms with Crippen LogP contribution >= 0.6 is 11.8 Å². The monoisotopic (exact) mass is 336 g/mol. The zero-order valence-electron chi connectivity index (χ0n) is 12.3. The van der Waals surface area contributed by atoms with Gasteiger partial charge in [0.2, 0.25) is 0 Å². The number of aliphatic hydroxyl groups excluding tert-OH is 1. The first kappa shape index (κ1) is 15.8. The summed E-state index contributed by atoms with van der Waals surface area (Å²) in [5.41, 5.74) is 15.7. The normalized spacial score (nSPS) is 27.2. The fourth-order valence-corrected chi connectivity index (χ4v) is 3.89. The molecular weight excluding hydrogens is 320 g/mol. The summed E-state index contributed by atoms with van der Waals surface area (Å²) in [7, 11) is 0. The summed E-state index contributed by atoms with van der Waals surface area (Å²) in [6.07, 6.45) is 1.90. The van der Waals surface area contributed by atoms with Crippen molar-refractivity contribution in [3.63, 3.8) is 0 Å². The molecule has 10 nitrogen and oxygen atoms in total. The summed E-state index contributed by atoms with van der Waals surface area (Å²) in [5.74, 6) is 1.10. The van der Waals surface area contributed by atoms with E-state index in [9.17, 15) is 5.11 Å². The number of nitrogens with zero attached hydrogens (tertiary/aromatic N) is 7. The topological polar surface area (TPSA) is 148 Å². The van der Waals surface area contributed by atoms with E-state index in [1.807, 2.05) is 6.92 Å². The molecule has 0 bridgehead atoms. The smallest absolute Gasteiger partial charge is 0.167 e. The van der Waals surface area contributed by atoms with Crippen LogP contribution in [0.15, 0.2) is 17.8 Å². The number of imidazole rings is 1. The van der Waals surface area contributed by atoms with E-state index in [-0.39, 0.29) is 17.7 Å². The molecule has 0 aromatic carbocycles. The minimum absolute atomic E-state index is 0.165. The molecular formula is C12H16N8O2S. The molecule has 2 aromatic rings. The van der Waals surface area contributed by atoms with E-state index in [2.05, 4.69) is 25.0 Å². The number of nitrogen functional groups attached to an aromatic ring is 1. The number of fused-ring (bicyclic) bond motifs is 1. The van der Waals surface area contributed by atoms with Crippen molar-refractivity contribution >= 4 is 28.7 Å². The van der Waals surface area contributed by atoms with Gasteiger partial charge in [0.1, 0.15) is 18.1 Å². The van der Waals surface area contributed by atoms with Crippen molar-refractivity contribution in [2.75, 3.05) is 18.1 Å². The molecule has 3 rings (SSSR count). The molecule has 1 saturated heterocycles. The molecule has 0 amide bonds. The van der Waals surface area contributed by atoms with Gasteiger partial charge in [-0.2, -0.15) is 11.8 Å². The lowest BCUT2D eigenvalue weighted by atomic mass is 10.1. The summed E-state index contributed by atoms with van der Waals surface area (Å²) in [6, 6.07) is -0.475. The van der Waals surface area contributed by atoms with Gasteiger partial charge in [0.25, 0.3) is 0 Å². The number of hydrogen-bond donors (Lipinski definition) is 2. The standard InChI is InChI=1S/C12H16N8O2S/c1-2-23-9-7(18-19-14)6(3-21)22-12(9)20-5-17-8-10(13)15-4-16-11(8)20/h4-7,9,12,21H,2-3H2,1H3,(H2,13,15,16)/t6-,7-,9+,12-/m1/s1. The Bertz CT molecular complexity index is 746. The van der Waals surface area contributed by atoms with Crippen LogP contribution in [0.5, 0.6) is 0 Å². The van der Waals surface area contributed by atoms with Crippen LogP contribution in [0.25, 0.3) is 21.6 Å². The van der Waals surface area contributed by atoms with E-state index in [0.717, 1.165) is 5.75 Å². The van der Waals surface area contributed by atoms with E-state index in [1.165, 1.54) is 6.33 Å². The second-order valence-electron chi connectivity index (χ2n) is 4.95. The molecule has 1 aliphatic heterocycles. The van der Waals surface area contributed by atoms with Crippen LogP contribution in [0.1, 0.15) is 13.2 Å². The maximum Gasteiger partial charge on any atom is 0.167 e. The Hall–Kier alpha value is -2.07. The van der Waals surface area contributed by atoms with Gasteiger partial charge in [-0.1, -0.05) is 12.0 Å². The number of thioether (sulfide) groups is 1. The molecule has 0 spiro atoms. The van der Waals surface area contributed by atoms with Gasteiger partial charge in [-0.05, 0) is 11.3 Å². The predicted octanol–water partition coefficient (Wildman–Crippen LogP) is 1.10. The molecule has 1 fully saturated rings. The molecule has 3 N–H and O–H groups in total. The zero-order valence-corrected chi connectivity index (χ0v) is 13.2. The van der Waals surface area contributed by atoms with Crippen LogP contribution in [-0.2, 0) is 4.74 Å². The highest BCUT2D eigenvalue weighted by Gasteiger charge is 2.45. The molecule has 1 aliphatic rings. The molecule has 2 aromatic heterocycles. The van der Waals surface area contributed by atoms with Crippen LogP contribution in [0.3, 0.4) is 0 Å². The van der Waals surface area contributed by atoms with Crippen molar-refractivity contribution in [2.24, 2.45) is 5.11 Å². The fraction of sp³-hybridized carbons (Fsp3) is 0.583. The van der Waals surface area contributed by atoms with Crippen molar-refractivity contribution in [1.29, 1.82) is 0 Å². The number of ether oxygens (including phenoxy) is 1. The second kappa shape index (κ2) is 6.59. The van der Waals surface area contributed by atoms with Crippen LogP contribution in [0.4, 0.5) is 5.82 Å². The van der Waals surface area contributed by atoms with Crippen molar-refractivity contribution in [3.8, 4) is 0 Å². The number of rotatable bonds is 5. The molecule has 11 heteroatoms. The molecule has 0 radical (unpaired) electrons. The minimum Gasteiger partial charge on any atom is -0.394 e. The molecule has 0 saturated carbocycles. The molecule has 23 heavy (non-hydrogen) atoms. The van der Waals surface area contributed by atoms with E-state index in [0.29, 0.717) is 11.2 Å². The van der Waals surface area contributed by atoms with Gasteiger partial charge in [-0.25, -0.2) is 15.0 Å². The molecule has 3 heterocycles. The van der Waals surface area contributed by atoms with Gasteiger partial charge in [0.05, 0.1) is 30.3 Å². The van der Waals surface area contributed by atoms with Gasteiger partial charge in [0.15, 0.2) is 11.5 Å². The predicted molar refractivity (Wildman–Crippen MR) is 85.6 cm³/mol. The highest BCUT2D eigenvalue weighted by Crippen LogP contribution is 2.40. The third-order valence-electron chi connectivity index (χ3n) is 3.70. The van der Waals surface area contributed by atoms with E-state index in [1.54, 1.807) is 22.7 Å². The van der Waals surface area contributed by atoms with Crippen LogP contribution in [0.2, 0.25) is 0 Å². The Balaban J connectivity index is 2.05. The molecule has 0 aliphatic carbocycles. The average Bonchev–Trinajstić information content (AvgIpc) is 3.11. The van der Waals surface area contributed by atoms with Crippen molar-refractivity contribution < 1.29 is 9.84 Å². The Morgan fingerprint density at radius 3 is 3.04 bits per heavy atom. The fourth-order valence-electron chi connectivity index (χ4n) is 2.72. The SMILES string of the molecule is CCS[C@H]1[C@H](N=[N+]=[N-])[C@@H](CO)O[C@H]1n1cnc2c(N)ncnc21. The maximum atomic E-state index is 9.53. The van der Waals surface area contributed by atoms with E-state index < -0.39 is 18.4 Å². The van der Waals surface area contributed by atoms with Crippen LogP contribution in [0, 0.1) is 0 Å². The summed E-state index contributed by atoms with van der Waals surface area (Å²) in [6.45, 7) is 1.78. The largest absolute Gasteiger partial charge is 0.394 e. The van der Waals surface area contributed by atoms with Gasteiger partial charge < -0.3 is 15.6 Å². The Morgan fingerprint density at radius 1 is 1.52 bits per heavy atom. The van der Waals surface area contributed by atoms with Gasteiger partial charge >= 0.3 is 0 Å². The number of nitrogens with two attached hydrogens (primary N) is 1. The summed E-state index contributed by atoms with van der Waals surface area (Å²) >= 11 is 1.60. The summed E-state index contributed by atoms with van der Waals surface area (Å²) in [4.78, 5) is 15.3. The van der Waals surface area contributed by atoms with E-state index in [4.69, 9.17) is 16.0 Å². The quantitative estimate of drug-likeness (QED) is 0.471. The molecule has 122 valence electrons. The third kappa shape index (κ3) is 2.68. The van der Waals surface area contributed by atoms with Crippen LogP contribution in [-0.4, -0.2) is 54.4 Å². The maximum absolute atomic E-state index is 9.53. The second-order valence-corrected chi connectivity index (χ2v) is 6.40. The molecule has 4 atom stereocenters. The first-order chi connectivity index (χ1) is 11.2. The zero-order chi connectivity index (χ0) is 16.4. The highest BCUT2D eigenvalue weighted by molar-refractivity contribution is 7.99. The van der Waals surface area contributed by atoms with Crippen molar-refractivity contribution in [1.82, 2.24) is 19.5 Å². The summed E-state index contributed by atoms with van der Waals surface area (Å²) in [5, 5.41) is 13.2. The number of aromatic nitrogens is 4.